The molecule has 0 aliphatic carbocycles. The Balaban J connectivity index is 1.18. The van der Waals surface area contributed by atoms with Gasteiger partial charge in [-0.2, -0.15) is 0 Å². The second kappa shape index (κ2) is 12.9. The lowest BCUT2D eigenvalue weighted by molar-refractivity contribution is 0.670. The van der Waals surface area contributed by atoms with E-state index in [0.717, 1.165) is 61.3 Å². The molecule has 9 aromatic carbocycles. The average Bonchev–Trinajstić information content (AvgIpc) is 3.83. The van der Waals surface area contributed by atoms with Crippen molar-refractivity contribution in [1.29, 1.82) is 0 Å². The monoisotopic (exact) mass is 719 g/mol. The predicted octanol–water partition coefficient (Wildman–Crippen LogP) is 15.6. The van der Waals surface area contributed by atoms with Gasteiger partial charge in [-0.25, -0.2) is 0 Å². The van der Waals surface area contributed by atoms with E-state index in [2.05, 4.69) is 199 Å². The lowest BCUT2D eigenvalue weighted by atomic mass is 9.92. The summed E-state index contributed by atoms with van der Waals surface area (Å²) in [4.78, 5) is 2.45. The molecule has 0 N–H and O–H groups in total. The minimum absolute atomic E-state index is 0.899. The minimum Gasteiger partial charge on any atom is -0.455 e. The molecule has 11 rings (SSSR count). The van der Waals surface area contributed by atoms with Crippen molar-refractivity contribution < 1.29 is 4.42 Å². The number of hydrogen-bond acceptors (Lipinski definition) is 3. The normalized spacial score (nSPS) is 11.6. The molecule has 0 bridgehead atoms. The molecular formula is C52H33NOS. The van der Waals surface area contributed by atoms with Crippen LogP contribution in [0.1, 0.15) is 0 Å². The molecule has 0 saturated carbocycles. The van der Waals surface area contributed by atoms with E-state index in [1.807, 2.05) is 17.4 Å². The topological polar surface area (TPSA) is 16.4 Å². The molecule has 0 atom stereocenters. The second-order valence-electron chi connectivity index (χ2n) is 14.0. The lowest BCUT2D eigenvalue weighted by Gasteiger charge is -2.29. The molecule has 0 fully saturated rings. The number of nitrogens with zero attached hydrogens (tertiary/aromatic N) is 1. The first-order valence-corrected chi connectivity index (χ1v) is 19.5. The SMILES string of the molecule is c1ccc(-c2cc(N(c3ccc4sc5ccccc5c4c3)c3ccc(-c4ccccc4)c4ccccc34)ccc2-c2cccc3c2oc2ccccc23)cc1. The van der Waals surface area contributed by atoms with Crippen molar-refractivity contribution in [1.82, 2.24) is 0 Å². The third-order valence-corrected chi connectivity index (χ3v) is 12.0. The lowest BCUT2D eigenvalue weighted by Crippen LogP contribution is -2.11. The second-order valence-corrected chi connectivity index (χ2v) is 15.1. The van der Waals surface area contributed by atoms with Crippen molar-refractivity contribution >= 4 is 81.3 Å². The highest BCUT2D eigenvalue weighted by Crippen LogP contribution is 2.47. The Bertz CT molecular complexity index is 3210. The van der Waals surface area contributed by atoms with Gasteiger partial charge < -0.3 is 9.32 Å². The number of anilines is 3. The van der Waals surface area contributed by atoms with E-state index in [9.17, 15) is 0 Å². The smallest absolute Gasteiger partial charge is 0.143 e. The Kier molecular flexibility index (Phi) is 7.39. The van der Waals surface area contributed by atoms with Gasteiger partial charge in [0.2, 0.25) is 0 Å². The van der Waals surface area contributed by atoms with Gasteiger partial charge in [-0.3, -0.25) is 0 Å². The summed E-state index contributed by atoms with van der Waals surface area (Å²) in [5.74, 6) is 0. The molecule has 258 valence electrons. The molecule has 3 heteroatoms. The highest BCUT2D eigenvalue weighted by atomic mass is 32.1. The number of thiophene rings is 1. The number of fused-ring (bicyclic) bond motifs is 7. The van der Waals surface area contributed by atoms with E-state index in [-0.39, 0.29) is 0 Å². The fraction of sp³-hybridized carbons (Fsp3) is 0. The van der Waals surface area contributed by atoms with E-state index in [4.69, 9.17) is 4.42 Å². The number of benzene rings is 9. The summed E-state index contributed by atoms with van der Waals surface area (Å²) in [6.07, 6.45) is 0. The molecule has 0 amide bonds. The Labute approximate surface area is 322 Å². The van der Waals surface area contributed by atoms with Crippen LogP contribution >= 0.6 is 11.3 Å². The zero-order chi connectivity index (χ0) is 36.3. The largest absolute Gasteiger partial charge is 0.455 e. The molecule has 0 aliphatic rings. The molecule has 0 saturated heterocycles. The molecular weight excluding hydrogens is 687 g/mol. The van der Waals surface area contributed by atoms with Crippen LogP contribution in [0.2, 0.25) is 0 Å². The number of furan rings is 1. The van der Waals surface area contributed by atoms with Gasteiger partial charge in [0, 0.05) is 53.3 Å². The predicted molar refractivity (Wildman–Crippen MR) is 235 cm³/mol. The van der Waals surface area contributed by atoms with Gasteiger partial charge in [0.05, 0.1) is 5.69 Å². The van der Waals surface area contributed by atoms with Gasteiger partial charge in [0.25, 0.3) is 0 Å². The average molecular weight is 720 g/mol. The first-order valence-electron chi connectivity index (χ1n) is 18.7. The van der Waals surface area contributed by atoms with Crippen molar-refractivity contribution in [3.63, 3.8) is 0 Å². The van der Waals surface area contributed by atoms with Crippen molar-refractivity contribution in [2.75, 3.05) is 4.90 Å². The fourth-order valence-corrected chi connectivity index (χ4v) is 9.44. The van der Waals surface area contributed by atoms with Crippen molar-refractivity contribution in [3.05, 3.63) is 200 Å². The Morgan fingerprint density at radius 2 is 0.945 bits per heavy atom. The fourth-order valence-electron chi connectivity index (χ4n) is 8.35. The van der Waals surface area contributed by atoms with E-state index in [0.29, 0.717) is 0 Å². The maximum absolute atomic E-state index is 6.60. The summed E-state index contributed by atoms with van der Waals surface area (Å²) in [6, 6.07) is 72.3. The van der Waals surface area contributed by atoms with Crippen LogP contribution in [-0.4, -0.2) is 0 Å². The molecule has 55 heavy (non-hydrogen) atoms. The molecule has 2 heterocycles. The highest BCUT2D eigenvalue weighted by Gasteiger charge is 2.22. The molecule has 0 aliphatic heterocycles. The van der Waals surface area contributed by atoms with Gasteiger partial charge in [0.1, 0.15) is 11.2 Å². The number of para-hydroxylation sites is 2. The van der Waals surface area contributed by atoms with Crippen LogP contribution in [0, 0.1) is 0 Å². The van der Waals surface area contributed by atoms with Crippen LogP contribution in [0.5, 0.6) is 0 Å². The standard InChI is InChI=1S/C52H33NOS/c1-3-14-34(15-4-1)38-29-30-48(41-19-8-7-18-39(38)41)53(37-27-31-51-47(33-37)43-21-10-12-25-50(43)55-51)36-26-28-40(46(32-36)35-16-5-2-6-17-35)44-22-13-23-45-42-20-9-11-24-49(42)54-52(44)45/h1-33H. The van der Waals surface area contributed by atoms with E-state index >= 15 is 0 Å². The maximum Gasteiger partial charge on any atom is 0.143 e. The van der Waals surface area contributed by atoms with Gasteiger partial charge in [0.15, 0.2) is 0 Å². The Morgan fingerprint density at radius 3 is 1.76 bits per heavy atom. The summed E-state index contributed by atoms with van der Waals surface area (Å²) >= 11 is 1.85. The van der Waals surface area contributed by atoms with Crippen LogP contribution < -0.4 is 4.90 Å². The molecule has 2 nitrogen and oxygen atoms in total. The summed E-state index contributed by atoms with van der Waals surface area (Å²) < 4.78 is 9.19. The Hall–Kier alpha value is -6.94. The molecule has 2 aromatic heterocycles. The summed E-state index contributed by atoms with van der Waals surface area (Å²) in [7, 11) is 0. The van der Waals surface area contributed by atoms with Gasteiger partial charge in [-0.05, 0) is 81.7 Å². The van der Waals surface area contributed by atoms with E-state index in [1.165, 1.54) is 42.1 Å². The first kappa shape index (κ1) is 31.6. The zero-order valence-corrected chi connectivity index (χ0v) is 30.6. The maximum atomic E-state index is 6.60. The van der Waals surface area contributed by atoms with Gasteiger partial charge in [-0.1, -0.05) is 152 Å². The first-order chi connectivity index (χ1) is 27.3. The molecule has 0 radical (unpaired) electrons. The van der Waals surface area contributed by atoms with Crippen molar-refractivity contribution in [3.8, 4) is 33.4 Å². The summed E-state index contributed by atoms with van der Waals surface area (Å²) in [5, 5.41) is 7.22. The number of rotatable bonds is 6. The third-order valence-electron chi connectivity index (χ3n) is 10.9. The van der Waals surface area contributed by atoms with E-state index < -0.39 is 0 Å². The molecule has 0 unspecified atom stereocenters. The van der Waals surface area contributed by atoms with Gasteiger partial charge in [-0.15, -0.1) is 11.3 Å². The van der Waals surface area contributed by atoms with Crippen LogP contribution in [0.3, 0.4) is 0 Å². The summed E-state index contributed by atoms with van der Waals surface area (Å²) in [6.45, 7) is 0. The summed E-state index contributed by atoms with van der Waals surface area (Å²) in [5.41, 5.74) is 12.0. The quantitative estimate of drug-likeness (QED) is 0.170. The third kappa shape index (κ3) is 5.24. The van der Waals surface area contributed by atoms with Crippen molar-refractivity contribution in [2.24, 2.45) is 0 Å². The van der Waals surface area contributed by atoms with Crippen LogP contribution in [0.15, 0.2) is 205 Å². The van der Waals surface area contributed by atoms with Gasteiger partial charge >= 0.3 is 0 Å². The Morgan fingerprint density at radius 1 is 0.345 bits per heavy atom. The molecule has 0 spiro atoms. The zero-order valence-electron chi connectivity index (χ0n) is 29.8. The van der Waals surface area contributed by atoms with Crippen LogP contribution in [-0.2, 0) is 0 Å². The minimum atomic E-state index is 0.899. The highest BCUT2D eigenvalue weighted by molar-refractivity contribution is 7.25. The van der Waals surface area contributed by atoms with E-state index in [1.54, 1.807) is 0 Å². The van der Waals surface area contributed by atoms with Crippen LogP contribution in [0.4, 0.5) is 17.1 Å². The number of hydrogen-bond donors (Lipinski definition) is 0. The van der Waals surface area contributed by atoms with Crippen molar-refractivity contribution in [2.45, 2.75) is 0 Å². The van der Waals surface area contributed by atoms with Crippen LogP contribution in [0.25, 0.3) is 86.3 Å². The molecule has 11 aromatic rings.